The van der Waals surface area contributed by atoms with Crippen LogP contribution in [0.2, 0.25) is 0 Å². The van der Waals surface area contributed by atoms with Crippen molar-refractivity contribution in [3.8, 4) is 11.5 Å². The van der Waals surface area contributed by atoms with Gasteiger partial charge in [-0.25, -0.2) is 9.79 Å². The van der Waals surface area contributed by atoms with E-state index in [0.717, 1.165) is 17.0 Å². The van der Waals surface area contributed by atoms with Gasteiger partial charge in [0, 0.05) is 11.4 Å². The number of carbonyl (C=O) groups is 1. The highest BCUT2D eigenvalue weighted by atomic mass is 16.5. The van der Waals surface area contributed by atoms with Crippen LogP contribution in [0.3, 0.4) is 0 Å². The van der Waals surface area contributed by atoms with Crippen LogP contribution in [0.1, 0.15) is 24.8 Å². The summed E-state index contributed by atoms with van der Waals surface area (Å²) in [4.78, 5) is 22.7. The average molecular weight is 443 g/mol. The summed E-state index contributed by atoms with van der Waals surface area (Å²) in [5.41, 5.74) is 3.92. The van der Waals surface area contributed by atoms with Crippen LogP contribution < -0.4 is 20.1 Å². The first-order chi connectivity index (χ1) is 16.1. The van der Waals surface area contributed by atoms with Gasteiger partial charge in [0.1, 0.15) is 5.84 Å². The topological polar surface area (TPSA) is 84.3 Å². The molecule has 4 rings (SSSR count). The summed E-state index contributed by atoms with van der Waals surface area (Å²) in [5.74, 6) is 1.34. The highest BCUT2D eigenvalue weighted by Gasteiger charge is 2.29. The second kappa shape index (κ2) is 9.99. The number of amides is 2. The smallest absolute Gasteiger partial charge is 0.324 e. The van der Waals surface area contributed by atoms with Crippen molar-refractivity contribution in [1.82, 2.24) is 5.32 Å². The number of anilines is 1. The fourth-order valence-electron chi connectivity index (χ4n) is 3.79. The molecule has 168 valence electrons. The molecule has 1 aliphatic heterocycles. The number of para-hydroxylation sites is 3. The Kier molecular flexibility index (Phi) is 6.69. The predicted molar refractivity (Wildman–Crippen MR) is 132 cm³/mol. The Morgan fingerprint density at radius 2 is 1.52 bits per heavy atom. The Morgan fingerprint density at radius 3 is 2.18 bits per heavy atom. The highest BCUT2D eigenvalue weighted by molar-refractivity contribution is 6.18. The second-order valence-electron chi connectivity index (χ2n) is 7.44. The molecule has 7 nitrogen and oxygen atoms in total. The fraction of sp³-hybridized carbons (Fsp3) is 0.192. The number of aliphatic imine (C=N–C) groups is 2. The average Bonchev–Trinajstić information content (AvgIpc) is 3.00. The van der Waals surface area contributed by atoms with E-state index in [-0.39, 0.29) is 11.9 Å². The SMILES string of the molecule is CCC1=Nc2ccccc2N=C(NC(=O)Nc2ccccc2)[C@H]1c1ccc(OC)c(OC)c1. The van der Waals surface area contributed by atoms with Gasteiger partial charge in [0.25, 0.3) is 0 Å². The molecule has 0 bridgehead atoms. The molecule has 3 aromatic carbocycles. The van der Waals surface area contributed by atoms with Crippen LogP contribution in [0.4, 0.5) is 21.9 Å². The molecule has 1 aliphatic rings. The van der Waals surface area contributed by atoms with E-state index >= 15 is 0 Å². The number of nitrogens with one attached hydrogen (secondary N) is 2. The molecular formula is C26H26N4O3. The molecule has 0 aliphatic carbocycles. The standard InChI is InChI=1S/C26H26N4O3/c1-4-19-24(17-14-15-22(32-2)23(16-17)33-3)25(29-21-13-9-8-12-20(21)28-19)30-26(31)27-18-10-6-5-7-11-18/h5-16,24H,4H2,1-3H3,(H2,27,29,30,31)/t24-/m0/s1. The van der Waals surface area contributed by atoms with E-state index in [0.29, 0.717) is 35.1 Å². The largest absolute Gasteiger partial charge is 0.493 e. The first kappa shape index (κ1) is 22.1. The van der Waals surface area contributed by atoms with Gasteiger partial charge in [-0.3, -0.25) is 10.3 Å². The Labute approximate surface area is 193 Å². The number of methoxy groups -OCH3 is 2. The lowest BCUT2D eigenvalue weighted by molar-refractivity contribution is 0.256. The van der Waals surface area contributed by atoms with Gasteiger partial charge in [0.2, 0.25) is 0 Å². The van der Waals surface area contributed by atoms with E-state index in [4.69, 9.17) is 19.5 Å². The Balaban J connectivity index is 1.78. The molecule has 1 heterocycles. The lowest BCUT2D eigenvalue weighted by Gasteiger charge is -2.22. The van der Waals surface area contributed by atoms with Gasteiger partial charge < -0.3 is 14.8 Å². The summed E-state index contributed by atoms with van der Waals surface area (Å²) in [6.45, 7) is 2.04. The van der Waals surface area contributed by atoms with Gasteiger partial charge in [0.15, 0.2) is 11.5 Å². The van der Waals surface area contributed by atoms with Crippen molar-refractivity contribution in [2.45, 2.75) is 19.3 Å². The molecule has 1 atom stereocenters. The van der Waals surface area contributed by atoms with Gasteiger partial charge in [-0.05, 0) is 48.4 Å². The van der Waals surface area contributed by atoms with Crippen molar-refractivity contribution < 1.29 is 14.3 Å². The van der Waals surface area contributed by atoms with Crippen LogP contribution in [-0.2, 0) is 0 Å². The first-order valence-electron chi connectivity index (χ1n) is 10.7. The minimum Gasteiger partial charge on any atom is -0.493 e. The minimum absolute atomic E-state index is 0.372. The second-order valence-corrected chi connectivity index (χ2v) is 7.44. The van der Waals surface area contributed by atoms with Crippen LogP contribution in [0, 0.1) is 0 Å². The van der Waals surface area contributed by atoms with Crippen molar-refractivity contribution in [1.29, 1.82) is 0 Å². The molecular weight excluding hydrogens is 416 g/mol. The quantitative estimate of drug-likeness (QED) is 0.521. The Bertz CT molecular complexity index is 1210. The maximum atomic E-state index is 12.9. The lowest BCUT2D eigenvalue weighted by Crippen LogP contribution is -2.40. The van der Waals surface area contributed by atoms with Gasteiger partial charge in [-0.1, -0.05) is 43.3 Å². The maximum Gasteiger partial charge on any atom is 0.324 e. The van der Waals surface area contributed by atoms with E-state index in [9.17, 15) is 4.79 Å². The molecule has 0 unspecified atom stereocenters. The molecule has 2 amide bonds. The first-order valence-corrected chi connectivity index (χ1v) is 10.7. The van der Waals surface area contributed by atoms with E-state index in [2.05, 4.69) is 10.6 Å². The highest BCUT2D eigenvalue weighted by Crippen LogP contribution is 2.37. The number of hydrogen-bond acceptors (Lipinski definition) is 5. The number of hydrogen-bond donors (Lipinski definition) is 2. The number of fused-ring (bicyclic) bond motifs is 1. The number of urea groups is 1. The van der Waals surface area contributed by atoms with E-state index in [1.807, 2.05) is 79.7 Å². The summed E-state index contributed by atoms with van der Waals surface area (Å²) in [5, 5.41) is 5.84. The third kappa shape index (κ3) is 4.87. The van der Waals surface area contributed by atoms with Crippen LogP contribution >= 0.6 is 0 Å². The molecule has 33 heavy (non-hydrogen) atoms. The Hall–Kier alpha value is -4.13. The number of nitrogens with zero attached hydrogens (tertiary/aromatic N) is 2. The Morgan fingerprint density at radius 1 is 0.848 bits per heavy atom. The molecule has 0 saturated carbocycles. The van der Waals surface area contributed by atoms with Crippen molar-refractivity contribution >= 4 is 34.6 Å². The number of benzene rings is 3. The fourth-order valence-corrected chi connectivity index (χ4v) is 3.79. The normalized spacial score (nSPS) is 14.8. The van der Waals surface area contributed by atoms with Crippen LogP contribution in [0.15, 0.2) is 82.8 Å². The van der Waals surface area contributed by atoms with E-state index in [1.165, 1.54) is 0 Å². The summed E-state index contributed by atoms with van der Waals surface area (Å²) in [7, 11) is 3.20. The number of rotatable bonds is 5. The van der Waals surface area contributed by atoms with Crippen molar-refractivity contribution in [3.63, 3.8) is 0 Å². The molecule has 0 fully saturated rings. The number of carbonyl (C=O) groups excluding carboxylic acids is 1. The minimum atomic E-state index is -0.375. The zero-order chi connectivity index (χ0) is 23.2. The van der Waals surface area contributed by atoms with Crippen LogP contribution in [-0.4, -0.2) is 31.8 Å². The summed E-state index contributed by atoms with van der Waals surface area (Å²) >= 11 is 0. The molecule has 0 aromatic heterocycles. The number of ether oxygens (including phenoxy) is 2. The van der Waals surface area contributed by atoms with Gasteiger partial charge in [0.05, 0.1) is 31.5 Å². The third-order valence-corrected chi connectivity index (χ3v) is 5.37. The van der Waals surface area contributed by atoms with E-state index < -0.39 is 0 Å². The van der Waals surface area contributed by atoms with Gasteiger partial charge in [-0.15, -0.1) is 0 Å². The molecule has 2 N–H and O–H groups in total. The third-order valence-electron chi connectivity index (χ3n) is 5.37. The van der Waals surface area contributed by atoms with Gasteiger partial charge >= 0.3 is 6.03 Å². The zero-order valence-electron chi connectivity index (χ0n) is 18.8. The van der Waals surface area contributed by atoms with Gasteiger partial charge in [-0.2, -0.15) is 0 Å². The van der Waals surface area contributed by atoms with Crippen LogP contribution in [0.5, 0.6) is 11.5 Å². The molecule has 0 spiro atoms. The van der Waals surface area contributed by atoms with Crippen LogP contribution in [0.25, 0.3) is 0 Å². The monoisotopic (exact) mass is 442 g/mol. The molecule has 0 saturated heterocycles. The van der Waals surface area contributed by atoms with Crippen molar-refractivity contribution in [3.05, 3.63) is 78.4 Å². The summed E-state index contributed by atoms with van der Waals surface area (Å²) in [6.07, 6.45) is 0.675. The zero-order valence-corrected chi connectivity index (χ0v) is 18.8. The van der Waals surface area contributed by atoms with Crippen molar-refractivity contribution in [2.75, 3.05) is 19.5 Å². The molecule has 7 heteroatoms. The molecule has 3 aromatic rings. The summed E-state index contributed by atoms with van der Waals surface area (Å²) in [6, 6.07) is 22.2. The van der Waals surface area contributed by atoms with E-state index in [1.54, 1.807) is 14.2 Å². The van der Waals surface area contributed by atoms with Crippen molar-refractivity contribution in [2.24, 2.45) is 9.98 Å². The number of amidine groups is 1. The maximum absolute atomic E-state index is 12.9. The molecule has 0 radical (unpaired) electrons. The summed E-state index contributed by atoms with van der Waals surface area (Å²) < 4.78 is 10.9. The lowest BCUT2D eigenvalue weighted by atomic mass is 9.90. The predicted octanol–water partition coefficient (Wildman–Crippen LogP) is 5.84.